The molecule has 0 aromatic heterocycles. The van der Waals surface area contributed by atoms with Crippen LogP contribution in [0.4, 0.5) is 0 Å². The first kappa shape index (κ1) is 17.0. The van der Waals surface area contributed by atoms with E-state index >= 15 is 0 Å². The van der Waals surface area contributed by atoms with Gasteiger partial charge in [0.1, 0.15) is 0 Å². The van der Waals surface area contributed by atoms with Crippen LogP contribution in [0.25, 0.3) is 0 Å². The van der Waals surface area contributed by atoms with Crippen molar-refractivity contribution in [2.45, 2.75) is 98.4 Å². The molecule has 0 aromatic rings. The SMILES string of the molecule is CCCCCCCCNC1CC(C)(C)CC(C)(C)C1. The minimum Gasteiger partial charge on any atom is -0.314 e. The van der Waals surface area contributed by atoms with Crippen molar-refractivity contribution in [3.8, 4) is 0 Å². The van der Waals surface area contributed by atoms with Gasteiger partial charge in [0.05, 0.1) is 0 Å². The summed E-state index contributed by atoms with van der Waals surface area (Å²) < 4.78 is 0. The maximum Gasteiger partial charge on any atom is 0.00772 e. The van der Waals surface area contributed by atoms with E-state index in [1.54, 1.807) is 0 Å². The van der Waals surface area contributed by atoms with Crippen molar-refractivity contribution in [2.24, 2.45) is 10.8 Å². The molecule has 1 nitrogen and oxygen atoms in total. The summed E-state index contributed by atoms with van der Waals surface area (Å²) in [5.74, 6) is 0. The molecule has 0 aliphatic heterocycles. The first-order valence-corrected chi connectivity index (χ1v) is 8.58. The molecule has 1 aliphatic rings. The van der Waals surface area contributed by atoms with E-state index in [1.807, 2.05) is 0 Å². The molecular weight excluding hydrogens is 230 g/mol. The van der Waals surface area contributed by atoms with Crippen LogP contribution < -0.4 is 5.32 Å². The molecule has 0 radical (unpaired) electrons. The largest absolute Gasteiger partial charge is 0.314 e. The quantitative estimate of drug-likeness (QED) is 0.569. The second-order valence-electron chi connectivity index (χ2n) is 8.33. The van der Waals surface area contributed by atoms with Gasteiger partial charge in [-0.3, -0.25) is 0 Å². The minimum atomic E-state index is 0.514. The zero-order valence-corrected chi connectivity index (χ0v) is 14.1. The topological polar surface area (TPSA) is 12.0 Å². The lowest BCUT2D eigenvalue weighted by Crippen LogP contribution is -2.44. The maximum absolute atomic E-state index is 3.82. The highest BCUT2D eigenvalue weighted by molar-refractivity contribution is 4.92. The third kappa shape index (κ3) is 7.34. The zero-order chi connectivity index (χ0) is 14.4. The van der Waals surface area contributed by atoms with Crippen LogP contribution in [-0.4, -0.2) is 12.6 Å². The molecule has 114 valence electrons. The van der Waals surface area contributed by atoms with Gasteiger partial charge in [-0.15, -0.1) is 0 Å². The summed E-state index contributed by atoms with van der Waals surface area (Å²) in [6, 6.07) is 0.745. The smallest absolute Gasteiger partial charge is 0.00772 e. The Hall–Kier alpha value is -0.0400. The van der Waals surface area contributed by atoms with E-state index in [9.17, 15) is 0 Å². The number of hydrogen-bond donors (Lipinski definition) is 1. The predicted molar refractivity (Wildman–Crippen MR) is 86.6 cm³/mol. The van der Waals surface area contributed by atoms with Gasteiger partial charge in [0.15, 0.2) is 0 Å². The van der Waals surface area contributed by atoms with Gasteiger partial charge in [-0.2, -0.15) is 0 Å². The maximum atomic E-state index is 3.82. The molecule has 0 spiro atoms. The van der Waals surface area contributed by atoms with Crippen molar-refractivity contribution in [1.29, 1.82) is 0 Å². The van der Waals surface area contributed by atoms with Gasteiger partial charge in [-0.25, -0.2) is 0 Å². The van der Waals surface area contributed by atoms with Gasteiger partial charge in [0, 0.05) is 6.04 Å². The van der Waals surface area contributed by atoms with Crippen LogP contribution in [0, 0.1) is 10.8 Å². The Morgan fingerprint density at radius 2 is 1.37 bits per heavy atom. The number of unbranched alkanes of at least 4 members (excludes halogenated alkanes) is 5. The molecule has 1 fully saturated rings. The van der Waals surface area contributed by atoms with Crippen molar-refractivity contribution in [1.82, 2.24) is 5.32 Å². The van der Waals surface area contributed by atoms with Gasteiger partial charge >= 0.3 is 0 Å². The van der Waals surface area contributed by atoms with E-state index in [4.69, 9.17) is 0 Å². The first-order valence-electron chi connectivity index (χ1n) is 8.58. The Kier molecular flexibility index (Phi) is 6.86. The summed E-state index contributed by atoms with van der Waals surface area (Å²) >= 11 is 0. The van der Waals surface area contributed by atoms with Crippen LogP contribution in [0.1, 0.15) is 92.4 Å². The third-order valence-electron chi connectivity index (χ3n) is 4.52. The van der Waals surface area contributed by atoms with Gasteiger partial charge in [0.25, 0.3) is 0 Å². The van der Waals surface area contributed by atoms with Crippen molar-refractivity contribution < 1.29 is 0 Å². The average molecular weight is 268 g/mol. The second-order valence-corrected chi connectivity index (χ2v) is 8.33. The fourth-order valence-electron chi connectivity index (χ4n) is 4.20. The summed E-state index contributed by atoms with van der Waals surface area (Å²) in [7, 11) is 0. The molecule has 1 saturated carbocycles. The third-order valence-corrected chi connectivity index (χ3v) is 4.52. The Balaban J connectivity index is 2.15. The van der Waals surface area contributed by atoms with Crippen molar-refractivity contribution in [3.05, 3.63) is 0 Å². The zero-order valence-electron chi connectivity index (χ0n) is 14.1. The first-order chi connectivity index (χ1) is 8.85. The Bertz CT molecular complexity index is 226. The number of hydrogen-bond acceptors (Lipinski definition) is 1. The van der Waals surface area contributed by atoms with Gasteiger partial charge in [-0.1, -0.05) is 66.7 Å². The normalized spacial score (nSPS) is 22.6. The van der Waals surface area contributed by atoms with Crippen LogP contribution in [0.15, 0.2) is 0 Å². The molecule has 0 aromatic carbocycles. The number of rotatable bonds is 8. The van der Waals surface area contributed by atoms with Crippen LogP contribution in [0.2, 0.25) is 0 Å². The van der Waals surface area contributed by atoms with Gasteiger partial charge in [0.2, 0.25) is 0 Å². The fourth-order valence-corrected chi connectivity index (χ4v) is 4.20. The highest BCUT2D eigenvalue weighted by atomic mass is 14.9. The lowest BCUT2D eigenvalue weighted by atomic mass is 9.63. The summed E-state index contributed by atoms with van der Waals surface area (Å²) in [4.78, 5) is 0. The summed E-state index contributed by atoms with van der Waals surface area (Å²) in [6.45, 7) is 13.3. The highest BCUT2D eigenvalue weighted by Crippen LogP contribution is 2.45. The van der Waals surface area contributed by atoms with Crippen LogP contribution in [-0.2, 0) is 0 Å². The van der Waals surface area contributed by atoms with Crippen molar-refractivity contribution in [3.63, 3.8) is 0 Å². The van der Waals surface area contributed by atoms with Crippen LogP contribution in [0.3, 0.4) is 0 Å². The van der Waals surface area contributed by atoms with E-state index in [-0.39, 0.29) is 0 Å². The minimum absolute atomic E-state index is 0.514. The molecule has 0 unspecified atom stereocenters. The van der Waals surface area contributed by atoms with Crippen molar-refractivity contribution in [2.75, 3.05) is 6.54 Å². The molecule has 1 N–H and O–H groups in total. The standard InChI is InChI=1S/C18H37N/c1-6-7-8-9-10-11-12-19-16-13-17(2,3)15-18(4,5)14-16/h16,19H,6-15H2,1-5H3. The van der Waals surface area contributed by atoms with E-state index in [2.05, 4.69) is 39.9 Å². The Morgan fingerprint density at radius 3 is 1.95 bits per heavy atom. The lowest BCUT2D eigenvalue weighted by molar-refractivity contribution is 0.0851. The Morgan fingerprint density at radius 1 is 0.842 bits per heavy atom. The molecule has 1 aliphatic carbocycles. The molecule has 0 atom stereocenters. The summed E-state index contributed by atoms with van der Waals surface area (Å²) in [5.41, 5.74) is 1.03. The second kappa shape index (κ2) is 7.67. The fraction of sp³-hybridized carbons (Fsp3) is 1.00. The molecule has 0 saturated heterocycles. The average Bonchev–Trinajstić information content (AvgIpc) is 2.23. The molecule has 1 rings (SSSR count). The van der Waals surface area contributed by atoms with Gasteiger partial charge in [-0.05, 0) is 43.1 Å². The summed E-state index contributed by atoms with van der Waals surface area (Å²) in [5, 5.41) is 3.82. The molecule has 1 heteroatoms. The Labute approximate surface area is 121 Å². The predicted octanol–water partition coefficient (Wildman–Crippen LogP) is 5.54. The molecular formula is C18H37N. The van der Waals surface area contributed by atoms with E-state index in [0.717, 1.165) is 6.04 Å². The summed E-state index contributed by atoms with van der Waals surface area (Å²) in [6.07, 6.45) is 12.5. The van der Waals surface area contributed by atoms with E-state index < -0.39 is 0 Å². The van der Waals surface area contributed by atoms with Crippen LogP contribution in [0.5, 0.6) is 0 Å². The van der Waals surface area contributed by atoms with Gasteiger partial charge < -0.3 is 5.32 Å². The molecule has 0 bridgehead atoms. The van der Waals surface area contributed by atoms with E-state index in [1.165, 1.54) is 64.3 Å². The molecule has 0 heterocycles. The van der Waals surface area contributed by atoms with Crippen LogP contribution >= 0.6 is 0 Å². The van der Waals surface area contributed by atoms with Crippen molar-refractivity contribution >= 4 is 0 Å². The highest BCUT2D eigenvalue weighted by Gasteiger charge is 2.37. The monoisotopic (exact) mass is 267 g/mol. The molecule has 0 amide bonds. The molecule has 19 heavy (non-hydrogen) atoms. The number of nitrogens with one attached hydrogen (secondary N) is 1. The van der Waals surface area contributed by atoms with E-state index in [0.29, 0.717) is 10.8 Å². The lowest BCUT2D eigenvalue weighted by Gasteiger charge is -2.45.